The third-order valence-corrected chi connectivity index (χ3v) is 4.11. The molecule has 0 fully saturated rings. The Kier molecular flexibility index (Phi) is 6.43. The second kappa shape index (κ2) is 8.60. The molecule has 0 aliphatic carbocycles. The first-order valence-corrected chi connectivity index (χ1v) is 8.39. The van der Waals surface area contributed by atoms with Gasteiger partial charge in [-0.3, -0.25) is 14.3 Å². The van der Waals surface area contributed by atoms with Crippen molar-refractivity contribution in [2.75, 3.05) is 5.32 Å². The molecule has 10 heteroatoms. The van der Waals surface area contributed by atoms with E-state index >= 15 is 0 Å². The predicted octanol–water partition coefficient (Wildman–Crippen LogP) is 3.54. The molecular weight excluding hydrogens is 389 g/mol. The number of carbonyl (C=O) groups is 2. The van der Waals surface area contributed by atoms with E-state index in [4.69, 9.17) is 5.11 Å². The molecule has 0 unspecified atom stereocenters. The highest BCUT2D eigenvalue weighted by Crippen LogP contribution is 2.34. The number of alkyl halides is 3. The molecule has 0 saturated heterocycles. The quantitative estimate of drug-likeness (QED) is 0.564. The molecule has 1 aromatic heterocycles. The normalized spacial score (nSPS) is 11.8. The summed E-state index contributed by atoms with van der Waals surface area (Å²) in [7, 11) is 0. The van der Waals surface area contributed by atoms with Gasteiger partial charge in [-0.25, -0.2) is 0 Å². The number of anilines is 1. The Bertz CT molecular complexity index is 1020. The SMILES string of the molecule is Cc1nn(CCC(=O)O)c(C)c1/C=C(\C#N)C(=O)Nc1ccccc1C(F)(F)F. The number of carbonyl (C=O) groups excluding carboxylic acids is 1. The summed E-state index contributed by atoms with van der Waals surface area (Å²) >= 11 is 0. The Hall–Kier alpha value is -3.61. The van der Waals surface area contributed by atoms with Crippen LogP contribution in [-0.2, 0) is 22.3 Å². The fourth-order valence-electron chi connectivity index (χ4n) is 2.66. The monoisotopic (exact) mass is 406 g/mol. The molecule has 2 N–H and O–H groups in total. The number of benzene rings is 1. The Morgan fingerprint density at radius 3 is 2.55 bits per heavy atom. The van der Waals surface area contributed by atoms with Crippen LogP contribution in [0.25, 0.3) is 6.08 Å². The molecule has 2 rings (SSSR count). The van der Waals surface area contributed by atoms with Crippen LogP contribution in [0.5, 0.6) is 0 Å². The van der Waals surface area contributed by atoms with Gasteiger partial charge in [-0.15, -0.1) is 0 Å². The van der Waals surface area contributed by atoms with Crippen molar-refractivity contribution >= 4 is 23.6 Å². The zero-order chi connectivity index (χ0) is 21.8. The Morgan fingerprint density at radius 2 is 1.97 bits per heavy atom. The molecule has 0 spiro atoms. The van der Waals surface area contributed by atoms with Gasteiger partial charge in [-0.1, -0.05) is 12.1 Å². The minimum absolute atomic E-state index is 0.100. The number of nitrogens with zero attached hydrogens (tertiary/aromatic N) is 3. The lowest BCUT2D eigenvalue weighted by Gasteiger charge is -2.13. The first-order chi connectivity index (χ1) is 13.5. The lowest BCUT2D eigenvalue weighted by Crippen LogP contribution is -2.17. The summed E-state index contributed by atoms with van der Waals surface area (Å²) in [6, 6.07) is 6.13. The number of rotatable bonds is 6. The number of nitriles is 1. The number of halogens is 3. The number of carboxylic acids is 1. The van der Waals surface area contributed by atoms with Crippen molar-refractivity contribution in [3.8, 4) is 6.07 Å². The zero-order valence-corrected chi connectivity index (χ0v) is 15.5. The molecule has 1 amide bonds. The molecule has 0 aliphatic heterocycles. The number of para-hydroxylation sites is 1. The molecular formula is C19H17F3N4O3. The van der Waals surface area contributed by atoms with Gasteiger partial charge in [0, 0.05) is 11.3 Å². The maximum absolute atomic E-state index is 13.1. The van der Waals surface area contributed by atoms with E-state index in [1.54, 1.807) is 19.9 Å². The highest BCUT2D eigenvalue weighted by atomic mass is 19.4. The van der Waals surface area contributed by atoms with E-state index in [0.717, 1.165) is 12.1 Å². The first kappa shape index (κ1) is 21.7. The van der Waals surface area contributed by atoms with Crippen LogP contribution >= 0.6 is 0 Å². The van der Waals surface area contributed by atoms with Gasteiger partial charge in [0.25, 0.3) is 5.91 Å². The summed E-state index contributed by atoms with van der Waals surface area (Å²) in [4.78, 5) is 23.1. The molecule has 7 nitrogen and oxygen atoms in total. The summed E-state index contributed by atoms with van der Waals surface area (Å²) < 4.78 is 40.7. The highest BCUT2D eigenvalue weighted by molar-refractivity contribution is 6.10. The second-order valence-corrected chi connectivity index (χ2v) is 6.12. The van der Waals surface area contributed by atoms with E-state index in [0.29, 0.717) is 17.0 Å². The molecule has 29 heavy (non-hydrogen) atoms. The van der Waals surface area contributed by atoms with Crippen LogP contribution < -0.4 is 5.32 Å². The topological polar surface area (TPSA) is 108 Å². The van der Waals surface area contributed by atoms with Crippen LogP contribution in [0.3, 0.4) is 0 Å². The lowest BCUT2D eigenvalue weighted by molar-refractivity contribution is -0.138. The van der Waals surface area contributed by atoms with Crippen molar-refractivity contribution in [3.05, 3.63) is 52.4 Å². The Labute approximate surface area is 164 Å². The average Bonchev–Trinajstić information content (AvgIpc) is 2.90. The number of hydrogen-bond acceptors (Lipinski definition) is 4. The molecule has 0 bridgehead atoms. The van der Waals surface area contributed by atoms with E-state index in [9.17, 15) is 28.0 Å². The first-order valence-electron chi connectivity index (χ1n) is 8.39. The Balaban J connectivity index is 2.33. The van der Waals surface area contributed by atoms with Gasteiger partial charge in [0.2, 0.25) is 0 Å². The minimum Gasteiger partial charge on any atom is -0.481 e. The minimum atomic E-state index is -4.67. The van der Waals surface area contributed by atoms with E-state index in [1.165, 1.54) is 22.9 Å². The summed E-state index contributed by atoms with van der Waals surface area (Å²) in [6.07, 6.45) is -3.61. The molecule has 1 heterocycles. The van der Waals surface area contributed by atoms with Crippen LogP contribution in [0.4, 0.5) is 18.9 Å². The van der Waals surface area contributed by atoms with Crippen molar-refractivity contribution in [1.82, 2.24) is 9.78 Å². The summed E-state index contributed by atoms with van der Waals surface area (Å²) in [5.74, 6) is -2.00. The van der Waals surface area contributed by atoms with Crippen molar-refractivity contribution in [1.29, 1.82) is 5.26 Å². The van der Waals surface area contributed by atoms with Crippen LogP contribution in [-0.4, -0.2) is 26.8 Å². The van der Waals surface area contributed by atoms with Gasteiger partial charge in [0.15, 0.2) is 0 Å². The maximum atomic E-state index is 13.1. The van der Waals surface area contributed by atoms with Gasteiger partial charge in [0.05, 0.1) is 29.9 Å². The van der Waals surface area contributed by atoms with E-state index in [-0.39, 0.29) is 13.0 Å². The summed E-state index contributed by atoms with van der Waals surface area (Å²) in [6.45, 7) is 3.35. The zero-order valence-electron chi connectivity index (χ0n) is 15.5. The van der Waals surface area contributed by atoms with Gasteiger partial charge in [-0.2, -0.15) is 23.5 Å². The third kappa shape index (κ3) is 5.22. The number of aliphatic carboxylic acids is 1. The summed E-state index contributed by atoms with van der Waals surface area (Å²) in [5, 5.41) is 24.4. The van der Waals surface area contributed by atoms with E-state index in [1.807, 2.05) is 0 Å². The number of carboxylic acid groups (broad SMARTS) is 1. The van der Waals surface area contributed by atoms with Crippen molar-refractivity contribution in [2.45, 2.75) is 33.0 Å². The number of aryl methyl sites for hydroxylation is 2. The summed E-state index contributed by atoms with van der Waals surface area (Å²) in [5.41, 5.74) is -0.502. The molecule has 152 valence electrons. The lowest BCUT2D eigenvalue weighted by atomic mass is 10.1. The Morgan fingerprint density at radius 1 is 1.31 bits per heavy atom. The molecule has 0 atom stereocenters. The van der Waals surface area contributed by atoms with Crippen LogP contribution in [0.15, 0.2) is 29.8 Å². The number of amides is 1. The molecule has 0 aliphatic rings. The molecule has 0 radical (unpaired) electrons. The van der Waals surface area contributed by atoms with Crippen molar-refractivity contribution in [2.24, 2.45) is 0 Å². The van der Waals surface area contributed by atoms with Gasteiger partial charge >= 0.3 is 12.1 Å². The van der Waals surface area contributed by atoms with Crippen molar-refractivity contribution in [3.63, 3.8) is 0 Å². The number of hydrogen-bond donors (Lipinski definition) is 2. The van der Waals surface area contributed by atoms with E-state index < -0.39 is 34.9 Å². The average molecular weight is 406 g/mol. The van der Waals surface area contributed by atoms with Gasteiger partial charge < -0.3 is 10.4 Å². The fourth-order valence-corrected chi connectivity index (χ4v) is 2.66. The van der Waals surface area contributed by atoms with Gasteiger partial charge in [0.1, 0.15) is 11.6 Å². The van der Waals surface area contributed by atoms with Crippen LogP contribution in [0.1, 0.15) is 28.9 Å². The standard InChI is InChI=1S/C19H17F3N4O3/c1-11-14(12(2)26(25-11)8-7-17(27)28)9-13(10-23)18(29)24-16-6-4-3-5-15(16)19(20,21)22/h3-6,9H,7-8H2,1-2H3,(H,24,29)(H,27,28)/b13-9+. The molecule has 2 aromatic rings. The smallest absolute Gasteiger partial charge is 0.418 e. The number of aromatic nitrogens is 2. The second-order valence-electron chi connectivity index (χ2n) is 6.12. The maximum Gasteiger partial charge on any atom is 0.418 e. The molecule has 0 saturated carbocycles. The third-order valence-electron chi connectivity index (χ3n) is 4.11. The largest absolute Gasteiger partial charge is 0.481 e. The fraction of sp³-hybridized carbons (Fsp3) is 0.263. The predicted molar refractivity (Wildman–Crippen MR) is 97.6 cm³/mol. The number of nitrogens with one attached hydrogen (secondary N) is 1. The van der Waals surface area contributed by atoms with Crippen molar-refractivity contribution < 1.29 is 27.9 Å². The van der Waals surface area contributed by atoms with Gasteiger partial charge in [-0.05, 0) is 32.1 Å². The highest BCUT2D eigenvalue weighted by Gasteiger charge is 2.33. The van der Waals surface area contributed by atoms with E-state index in [2.05, 4.69) is 10.4 Å². The van der Waals surface area contributed by atoms with Crippen LogP contribution in [0.2, 0.25) is 0 Å². The molecule has 1 aromatic carbocycles. The van der Waals surface area contributed by atoms with Crippen LogP contribution in [0, 0.1) is 25.2 Å².